The largest absolute Gasteiger partial charge is 0.322 e. The standard InChI is InChI=1S/C15H17N7O/c1-9(2)13-12(8-16-18-13)15(23)17-11-6-4-5-10(7-11)14-19-20-21-22(14)3/h4-9H,1-3H3,(H,16,18)(H,17,23). The van der Waals surface area contributed by atoms with Gasteiger partial charge >= 0.3 is 0 Å². The Morgan fingerprint density at radius 2 is 2.17 bits per heavy atom. The highest BCUT2D eigenvalue weighted by atomic mass is 16.1. The van der Waals surface area contributed by atoms with Gasteiger partial charge in [-0.3, -0.25) is 9.89 Å². The Kier molecular flexibility index (Phi) is 3.88. The summed E-state index contributed by atoms with van der Waals surface area (Å²) in [5.74, 6) is 0.622. The number of carbonyl (C=O) groups excluding carboxylic acids is 1. The van der Waals surface area contributed by atoms with Crippen molar-refractivity contribution < 1.29 is 4.79 Å². The van der Waals surface area contributed by atoms with Crippen molar-refractivity contribution in [1.29, 1.82) is 0 Å². The first kappa shape index (κ1) is 14.9. The Morgan fingerprint density at radius 3 is 2.87 bits per heavy atom. The molecule has 3 rings (SSSR count). The third kappa shape index (κ3) is 2.96. The molecule has 8 nitrogen and oxygen atoms in total. The summed E-state index contributed by atoms with van der Waals surface area (Å²) in [4.78, 5) is 12.4. The molecule has 0 saturated carbocycles. The van der Waals surface area contributed by atoms with Crippen LogP contribution in [0, 0.1) is 0 Å². The zero-order valence-corrected chi connectivity index (χ0v) is 13.1. The Hall–Kier alpha value is -3.03. The number of benzene rings is 1. The fourth-order valence-corrected chi connectivity index (χ4v) is 2.33. The maximum atomic E-state index is 12.4. The molecule has 1 amide bonds. The molecule has 0 aliphatic heterocycles. The normalized spacial score (nSPS) is 11.0. The number of aromatic amines is 1. The summed E-state index contributed by atoms with van der Waals surface area (Å²) in [6.45, 7) is 4.01. The monoisotopic (exact) mass is 311 g/mol. The molecule has 0 atom stereocenters. The number of amides is 1. The molecule has 0 radical (unpaired) electrons. The number of H-pyrrole nitrogens is 1. The minimum absolute atomic E-state index is 0.189. The molecule has 2 heterocycles. The van der Waals surface area contributed by atoms with Crippen LogP contribution in [-0.2, 0) is 7.05 Å². The second-order valence-corrected chi connectivity index (χ2v) is 5.51. The van der Waals surface area contributed by atoms with Crippen LogP contribution in [0.1, 0.15) is 35.8 Å². The van der Waals surface area contributed by atoms with Crippen LogP contribution in [-0.4, -0.2) is 36.3 Å². The number of rotatable bonds is 4. The Labute approximate surface area is 132 Å². The average Bonchev–Trinajstić information content (AvgIpc) is 3.16. The molecule has 0 fully saturated rings. The summed E-state index contributed by atoms with van der Waals surface area (Å²) in [7, 11) is 1.76. The van der Waals surface area contributed by atoms with Gasteiger partial charge in [-0.15, -0.1) is 5.10 Å². The Morgan fingerprint density at radius 1 is 1.35 bits per heavy atom. The van der Waals surface area contributed by atoms with Crippen LogP contribution in [0.3, 0.4) is 0 Å². The third-order valence-corrected chi connectivity index (χ3v) is 3.49. The highest BCUT2D eigenvalue weighted by Crippen LogP contribution is 2.21. The quantitative estimate of drug-likeness (QED) is 0.767. The number of nitrogens with zero attached hydrogens (tertiary/aromatic N) is 5. The number of aryl methyl sites for hydroxylation is 1. The fourth-order valence-electron chi connectivity index (χ4n) is 2.33. The van der Waals surface area contributed by atoms with E-state index >= 15 is 0 Å². The molecule has 0 unspecified atom stereocenters. The van der Waals surface area contributed by atoms with Crippen LogP contribution in [0.4, 0.5) is 5.69 Å². The molecule has 3 aromatic rings. The van der Waals surface area contributed by atoms with Gasteiger partial charge in [0.05, 0.1) is 17.5 Å². The van der Waals surface area contributed by atoms with Gasteiger partial charge in [0, 0.05) is 18.3 Å². The molecule has 0 spiro atoms. The Bertz CT molecular complexity index is 834. The highest BCUT2D eigenvalue weighted by Gasteiger charge is 2.16. The molecule has 0 aliphatic carbocycles. The van der Waals surface area contributed by atoms with Crippen LogP contribution in [0.25, 0.3) is 11.4 Å². The molecule has 0 saturated heterocycles. The van der Waals surface area contributed by atoms with E-state index in [2.05, 4.69) is 31.0 Å². The number of hydrogen-bond acceptors (Lipinski definition) is 5. The van der Waals surface area contributed by atoms with Gasteiger partial charge in [-0.05, 0) is 28.5 Å². The average molecular weight is 311 g/mol. The number of hydrogen-bond donors (Lipinski definition) is 2. The summed E-state index contributed by atoms with van der Waals surface area (Å²) in [6, 6.07) is 7.39. The lowest BCUT2D eigenvalue weighted by atomic mass is 10.1. The first-order valence-corrected chi connectivity index (χ1v) is 7.23. The van der Waals surface area contributed by atoms with E-state index < -0.39 is 0 Å². The first-order chi connectivity index (χ1) is 11.1. The van der Waals surface area contributed by atoms with Crippen LogP contribution in [0.15, 0.2) is 30.5 Å². The van der Waals surface area contributed by atoms with Crippen molar-refractivity contribution >= 4 is 11.6 Å². The molecular weight excluding hydrogens is 294 g/mol. The molecular formula is C15H17N7O. The second kappa shape index (κ2) is 5.99. The smallest absolute Gasteiger partial charge is 0.259 e. The summed E-state index contributed by atoms with van der Waals surface area (Å²) in [5, 5.41) is 21.1. The van der Waals surface area contributed by atoms with E-state index in [1.807, 2.05) is 38.1 Å². The van der Waals surface area contributed by atoms with Crippen molar-refractivity contribution in [1.82, 2.24) is 30.4 Å². The molecule has 1 aromatic carbocycles. The van der Waals surface area contributed by atoms with Gasteiger partial charge < -0.3 is 5.32 Å². The summed E-state index contributed by atoms with van der Waals surface area (Å²) in [6.07, 6.45) is 1.54. The van der Waals surface area contributed by atoms with E-state index in [1.165, 1.54) is 0 Å². The SMILES string of the molecule is CC(C)c1[nH]ncc1C(=O)Nc1cccc(-c2nnnn2C)c1. The van der Waals surface area contributed by atoms with Gasteiger partial charge in [-0.1, -0.05) is 26.0 Å². The van der Waals surface area contributed by atoms with Crippen molar-refractivity contribution in [2.24, 2.45) is 7.05 Å². The maximum Gasteiger partial charge on any atom is 0.259 e. The van der Waals surface area contributed by atoms with E-state index in [4.69, 9.17) is 0 Å². The van der Waals surface area contributed by atoms with Crippen molar-refractivity contribution in [3.8, 4) is 11.4 Å². The van der Waals surface area contributed by atoms with E-state index in [0.717, 1.165) is 11.3 Å². The predicted molar refractivity (Wildman–Crippen MR) is 84.9 cm³/mol. The van der Waals surface area contributed by atoms with Gasteiger partial charge in [-0.25, -0.2) is 4.68 Å². The lowest BCUT2D eigenvalue weighted by Gasteiger charge is -2.08. The van der Waals surface area contributed by atoms with E-state index in [9.17, 15) is 4.79 Å². The van der Waals surface area contributed by atoms with Crippen LogP contribution in [0.2, 0.25) is 0 Å². The maximum absolute atomic E-state index is 12.4. The van der Waals surface area contributed by atoms with Crippen molar-refractivity contribution in [2.45, 2.75) is 19.8 Å². The first-order valence-electron chi connectivity index (χ1n) is 7.23. The fraction of sp³-hybridized carbons (Fsp3) is 0.267. The minimum atomic E-state index is -0.198. The lowest BCUT2D eigenvalue weighted by molar-refractivity contribution is 0.102. The zero-order valence-electron chi connectivity index (χ0n) is 13.1. The molecule has 23 heavy (non-hydrogen) atoms. The summed E-state index contributed by atoms with van der Waals surface area (Å²) >= 11 is 0. The topological polar surface area (TPSA) is 101 Å². The summed E-state index contributed by atoms with van der Waals surface area (Å²) < 4.78 is 1.58. The lowest BCUT2D eigenvalue weighted by Crippen LogP contribution is -2.13. The number of anilines is 1. The van der Waals surface area contributed by atoms with Gasteiger partial charge in [-0.2, -0.15) is 5.10 Å². The van der Waals surface area contributed by atoms with E-state index in [0.29, 0.717) is 17.1 Å². The molecule has 118 valence electrons. The molecule has 2 N–H and O–H groups in total. The molecule has 0 bridgehead atoms. The van der Waals surface area contributed by atoms with Crippen LogP contribution in [0.5, 0.6) is 0 Å². The van der Waals surface area contributed by atoms with Gasteiger partial charge in [0.1, 0.15) is 0 Å². The molecule has 8 heteroatoms. The van der Waals surface area contributed by atoms with Crippen molar-refractivity contribution in [2.75, 3.05) is 5.32 Å². The second-order valence-electron chi connectivity index (χ2n) is 5.51. The van der Waals surface area contributed by atoms with E-state index in [1.54, 1.807) is 17.9 Å². The van der Waals surface area contributed by atoms with Crippen molar-refractivity contribution in [3.63, 3.8) is 0 Å². The van der Waals surface area contributed by atoms with Gasteiger partial charge in [0.15, 0.2) is 5.82 Å². The predicted octanol–water partition coefficient (Wildman–Crippen LogP) is 1.98. The van der Waals surface area contributed by atoms with Gasteiger partial charge in [0.2, 0.25) is 0 Å². The number of tetrazole rings is 1. The molecule has 2 aromatic heterocycles. The highest BCUT2D eigenvalue weighted by molar-refractivity contribution is 6.05. The summed E-state index contributed by atoms with van der Waals surface area (Å²) in [5.41, 5.74) is 2.86. The number of nitrogens with one attached hydrogen (secondary N) is 2. The molecule has 0 aliphatic rings. The van der Waals surface area contributed by atoms with Crippen molar-refractivity contribution in [3.05, 3.63) is 41.7 Å². The van der Waals surface area contributed by atoms with E-state index in [-0.39, 0.29) is 11.8 Å². The zero-order chi connectivity index (χ0) is 16.4. The number of carbonyl (C=O) groups is 1. The third-order valence-electron chi connectivity index (χ3n) is 3.49. The Balaban J connectivity index is 1.85. The van der Waals surface area contributed by atoms with Crippen LogP contribution >= 0.6 is 0 Å². The number of aromatic nitrogens is 6. The van der Waals surface area contributed by atoms with Crippen LogP contribution < -0.4 is 5.32 Å². The van der Waals surface area contributed by atoms with Gasteiger partial charge in [0.25, 0.3) is 5.91 Å². The minimum Gasteiger partial charge on any atom is -0.322 e.